The summed E-state index contributed by atoms with van der Waals surface area (Å²) in [6, 6.07) is 15.7. The highest BCUT2D eigenvalue weighted by Crippen LogP contribution is 2.38. The second-order valence-electron chi connectivity index (χ2n) is 5.31. The van der Waals surface area contributed by atoms with Crippen molar-refractivity contribution in [3.8, 4) is 0 Å². The van der Waals surface area contributed by atoms with Crippen molar-refractivity contribution in [1.29, 1.82) is 0 Å². The van der Waals surface area contributed by atoms with Crippen LogP contribution in [-0.2, 0) is 6.42 Å². The van der Waals surface area contributed by atoms with E-state index >= 15 is 0 Å². The number of aryl methyl sites for hydroxylation is 2. The van der Waals surface area contributed by atoms with Gasteiger partial charge in [0.15, 0.2) is 0 Å². The smallest absolute Gasteiger partial charge is 0.00108 e. The monoisotopic (exact) mass is 234 g/mol. The van der Waals surface area contributed by atoms with Crippen LogP contribution in [0.5, 0.6) is 0 Å². The third-order valence-electron chi connectivity index (χ3n) is 3.88. The average Bonchev–Trinajstić information content (AvgIpc) is 2.67. The van der Waals surface area contributed by atoms with Crippen molar-refractivity contribution in [3.63, 3.8) is 0 Å². The van der Waals surface area contributed by atoms with E-state index in [-0.39, 0.29) is 0 Å². The van der Waals surface area contributed by atoms with E-state index in [0.29, 0.717) is 0 Å². The summed E-state index contributed by atoms with van der Waals surface area (Å²) in [5.41, 5.74) is 9.87. The van der Waals surface area contributed by atoms with Crippen LogP contribution in [0.4, 0.5) is 0 Å². The topological polar surface area (TPSA) is 0 Å². The van der Waals surface area contributed by atoms with Crippen LogP contribution in [0.3, 0.4) is 0 Å². The Labute approximate surface area is 109 Å². The second kappa shape index (κ2) is 4.13. The summed E-state index contributed by atoms with van der Waals surface area (Å²) in [7, 11) is 0. The zero-order valence-corrected chi connectivity index (χ0v) is 11.2. The summed E-state index contributed by atoms with van der Waals surface area (Å²) in [4.78, 5) is 0. The molecule has 2 aromatic rings. The van der Waals surface area contributed by atoms with E-state index in [9.17, 15) is 0 Å². The summed E-state index contributed by atoms with van der Waals surface area (Å²) in [5, 5.41) is 0. The summed E-state index contributed by atoms with van der Waals surface area (Å²) in [6.07, 6.45) is 1.08. The lowest BCUT2D eigenvalue weighted by Crippen LogP contribution is -1.86. The van der Waals surface area contributed by atoms with Gasteiger partial charge in [-0.1, -0.05) is 53.6 Å². The molecule has 0 atom stereocenters. The minimum atomic E-state index is 1.08. The van der Waals surface area contributed by atoms with Gasteiger partial charge in [0.25, 0.3) is 0 Å². The molecule has 0 unspecified atom stereocenters. The summed E-state index contributed by atoms with van der Waals surface area (Å²) in [5.74, 6) is 0. The minimum absolute atomic E-state index is 1.08. The average molecular weight is 234 g/mol. The lowest BCUT2D eigenvalue weighted by atomic mass is 10.0. The number of hydrogen-bond donors (Lipinski definition) is 0. The van der Waals surface area contributed by atoms with Gasteiger partial charge in [0.2, 0.25) is 0 Å². The van der Waals surface area contributed by atoms with Gasteiger partial charge in [0, 0.05) is 0 Å². The molecule has 0 saturated heterocycles. The Bertz CT molecular complexity index is 628. The fraction of sp³-hybridized carbons (Fsp3) is 0.222. The molecule has 0 aromatic heterocycles. The first-order valence-electron chi connectivity index (χ1n) is 6.52. The van der Waals surface area contributed by atoms with Crippen LogP contribution in [-0.4, -0.2) is 0 Å². The quantitative estimate of drug-likeness (QED) is 0.665. The van der Waals surface area contributed by atoms with E-state index in [1.807, 2.05) is 0 Å². The fourth-order valence-corrected chi connectivity index (χ4v) is 2.79. The highest BCUT2D eigenvalue weighted by Gasteiger charge is 2.19. The molecular formula is C18H18. The van der Waals surface area contributed by atoms with Crippen molar-refractivity contribution < 1.29 is 0 Å². The summed E-state index contributed by atoms with van der Waals surface area (Å²) >= 11 is 0. The predicted molar refractivity (Wildman–Crippen MR) is 78.6 cm³/mol. The molecule has 0 spiro atoms. The van der Waals surface area contributed by atoms with E-state index in [1.165, 1.54) is 39.0 Å². The number of hydrogen-bond acceptors (Lipinski definition) is 0. The van der Waals surface area contributed by atoms with Crippen molar-refractivity contribution in [3.05, 3.63) is 70.3 Å². The lowest BCUT2D eigenvalue weighted by molar-refractivity contribution is 1.28. The molecule has 1 aliphatic carbocycles. The third-order valence-corrected chi connectivity index (χ3v) is 3.88. The van der Waals surface area contributed by atoms with E-state index < -0.39 is 0 Å². The predicted octanol–water partition coefficient (Wildman–Crippen LogP) is 4.79. The Morgan fingerprint density at radius 3 is 2.17 bits per heavy atom. The molecule has 18 heavy (non-hydrogen) atoms. The van der Waals surface area contributed by atoms with Gasteiger partial charge >= 0.3 is 0 Å². The molecule has 0 radical (unpaired) electrons. The summed E-state index contributed by atoms with van der Waals surface area (Å²) in [6.45, 7) is 6.55. The maximum absolute atomic E-state index is 2.32. The van der Waals surface area contributed by atoms with Crippen molar-refractivity contribution in [2.75, 3.05) is 0 Å². The zero-order valence-electron chi connectivity index (χ0n) is 11.2. The maximum atomic E-state index is 2.32. The van der Waals surface area contributed by atoms with Gasteiger partial charge in [-0.3, -0.25) is 0 Å². The molecule has 0 heterocycles. The minimum Gasteiger partial charge on any atom is -0.0587 e. The highest BCUT2D eigenvalue weighted by molar-refractivity contribution is 5.96. The molecule has 0 N–H and O–H groups in total. The van der Waals surface area contributed by atoms with Crippen molar-refractivity contribution in [2.45, 2.75) is 27.2 Å². The number of benzene rings is 2. The highest BCUT2D eigenvalue weighted by atomic mass is 14.2. The Balaban J connectivity index is 2.06. The molecule has 0 amide bonds. The largest absolute Gasteiger partial charge is 0.0587 e. The molecule has 0 bridgehead atoms. The normalized spacial score (nSPS) is 13.9. The number of rotatable bonds is 1. The molecule has 0 nitrogen and oxygen atoms in total. The molecule has 3 rings (SSSR count). The molecule has 1 aliphatic rings. The van der Waals surface area contributed by atoms with E-state index in [2.05, 4.69) is 63.2 Å². The van der Waals surface area contributed by atoms with Crippen LogP contribution in [0.2, 0.25) is 0 Å². The Hall–Kier alpha value is -1.82. The van der Waals surface area contributed by atoms with Crippen LogP contribution < -0.4 is 0 Å². The SMILES string of the molecule is CC1=C(c2ccc(C)cc2)Cc2cc(C)ccc21. The van der Waals surface area contributed by atoms with Crippen LogP contribution >= 0.6 is 0 Å². The first kappa shape index (κ1) is 11.3. The van der Waals surface area contributed by atoms with Crippen LogP contribution in [0.25, 0.3) is 11.1 Å². The molecular weight excluding hydrogens is 216 g/mol. The van der Waals surface area contributed by atoms with Gasteiger partial charge in [-0.15, -0.1) is 0 Å². The van der Waals surface area contributed by atoms with Crippen LogP contribution in [0.1, 0.15) is 34.7 Å². The van der Waals surface area contributed by atoms with E-state index in [0.717, 1.165) is 6.42 Å². The van der Waals surface area contributed by atoms with Gasteiger partial charge in [-0.2, -0.15) is 0 Å². The summed E-state index contributed by atoms with van der Waals surface area (Å²) < 4.78 is 0. The molecule has 90 valence electrons. The molecule has 0 fully saturated rings. The third kappa shape index (κ3) is 1.78. The molecule has 0 heteroatoms. The number of fused-ring (bicyclic) bond motifs is 1. The Morgan fingerprint density at radius 2 is 1.44 bits per heavy atom. The fourth-order valence-electron chi connectivity index (χ4n) is 2.79. The zero-order chi connectivity index (χ0) is 12.7. The first-order chi connectivity index (χ1) is 8.65. The van der Waals surface area contributed by atoms with Gasteiger partial charge in [0.1, 0.15) is 0 Å². The van der Waals surface area contributed by atoms with Crippen LogP contribution in [0.15, 0.2) is 42.5 Å². The van der Waals surface area contributed by atoms with Crippen molar-refractivity contribution in [1.82, 2.24) is 0 Å². The number of allylic oxidation sites excluding steroid dienone is 2. The lowest BCUT2D eigenvalue weighted by Gasteiger charge is -2.04. The standard InChI is InChI=1S/C18H18/c1-12-4-7-15(8-5-12)18-11-16-10-13(2)6-9-17(16)14(18)3/h4-10H,11H2,1-3H3. The van der Waals surface area contributed by atoms with Gasteiger partial charge in [0.05, 0.1) is 0 Å². The van der Waals surface area contributed by atoms with E-state index in [1.54, 1.807) is 0 Å². The maximum Gasteiger partial charge on any atom is -0.00108 e. The first-order valence-corrected chi connectivity index (χ1v) is 6.52. The Kier molecular flexibility index (Phi) is 2.59. The molecule has 2 aromatic carbocycles. The van der Waals surface area contributed by atoms with Gasteiger partial charge in [-0.25, -0.2) is 0 Å². The Morgan fingerprint density at radius 1 is 0.778 bits per heavy atom. The molecule has 0 saturated carbocycles. The van der Waals surface area contributed by atoms with Gasteiger partial charge < -0.3 is 0 Å². The van der Waals surface area contributed by atoms with Crippen molar-refractivity contribution in [2.24, 2.45) is 0 Å². The van der Waals surface area contributed by atoms with Crippen LogP contribution in [0, 0.1) is 13.8 Å². The second-order valence-corrected chi connectivity index (χ2v) is 5.31. The molecule has 0 aliphatic heterocycles. The van der Waals surface area contributed by atoms with Gasteiger partial charge in [-0.05, 0) is 55.0 Å². The van der Waals surface area contributed by atoms with E-state index in [4.69, 9.17) is 0 Å². The van der Waals surface area contributed by atoms with Crippen molar-refractivity contribution >= 4 is 11.1 Å².